The van der Waals surface area contributed by atoms with Gasteiger partial charge in [-0.05, 0) is 32.3 Å². The number of thiol groups is 1. The Balaban J connectivity index is 4.88. The van der Waals surface area contributed by atoms with Crippen molar-refractivity contribution in [2.24, 2.45) is 5.73 Å². The summed E-state index contributed by atoms with van der Waals surface area (Å²) in [6.07, 6.45) is 0.801. The average molecular weight is 425 g/mol. The van der Waals surface area contributed by atoms with Gasteiger partial charge in [-0.3, -0.25) is 14.4 Å². The van der Waals surface area contributed by atoms with E-state index in [1.807, 2.05) is 6.26 Å². The minimum atomic E-state index is -1.33. The molecule has 0 saturated heterocycles. The first-order valence-corrected chi connectivity index (χ1v) is 10.2. The van der Waals surface area contributed by atoms with E-state index < -0.39 is 54.0 Å². The number of aliphatic hydroxyl groups is 1. The van der Waals surface area contributed by atoms with Crippen molar-refractivity contribution in [2.75, 3.05) is 17.8 Å². The number of aliphatic hydroxyl groups excluding tert-OH is 1. The molecular weight excluding hydrogens is 396 g/mol. The van der Waals surface area contributed by atoms with Gasteiger partial charge >= 0.3 is 5.97 Å². The van der Waals surface area contributed by atoms with Gasteiger partial charge in [0.15, 0.2) is 0 Å². The molecule has 0 spiro atoms. The summed E-state index contributed by atoms with van der Waals surface area (Å²) < 4.78 is 0. The molecule has 156 valence electrons. The summed E-state index contributed by atoms with van der Waals surface area (Å²) in [5, 5.41) is 25.9. The second-order valence-corrected chi connectivity index (χ2v) is 7.28. The third-order valence-corrected chi connectivity index (χ3v) is 4.61. The minimum Gasteiger partial charge on any atom is -0.480 e. The summed E-state index contributed by atoms with van der Waals surface area (Å²) in [5.74, 6) is -2.76. The molecule has 0 aromatic heterocycles. The monoisotopic (exact) mass is 424 g/mol. The Labute approximate surface area is 167 Å². The molecule has 0 saturated carbocycles. The zero-order valence-corrected chi connectivity index (χ0v) is 17.2. The lowest BCUT2D eigenvalue weighted by Gasteiger charge is -2.24. The van der Waals surface area contributed by atoms with Crippen molar-refractivity contribution in [3.8, 4) is 0 Å². The SMILES string of the molecule is CSCCC(NC(=O)C(C)NC(=O)C(NC(=O)C(N)CS)C(C)O)C(=O)O. The Bertz CT molecular complexity index is 534. The van der Waals surface area contributed by atoms with Gasteiger partial charge in [-0.1, -0.05) is 0 Å². The van der Waals surface area contributed by atoms with Crippen LogP contribution in [0.5, 0.6) is 0 Å². The van der Waals surface area contributed by atoms with Crippen molar-refractivity contribution < 1.29 is 29.4 Å². The van der Waals surface area contributed by atoms with Crippen LogP contribution in [0.1, 0.15) is 20.3 Å². The Morgan fingerprint density at radius 2 is 1.67 bits per heavy atom. The maximum Gasteiger partial charge on any atom is 0.326 e. The highest BCUT2D eigenvalue weighted by Crippen LogP contribution is 2.02. The van der Waals surface area contributed by atoms with Gasteiger partial charge in [0, 0.05) is 5.75 Å². The molecule has 10 nitrogen and oxygen atoms in total. The fourth-order valence-electron chi connectivity index (χ4n) is 1.91. The van der Waals surface area contributed by atoms with E-state index in [0.29, 0.717) is 5.75 Å². The van der Waals surface area contributed by atoms with Crippen molar-refractivity contribution in [1.29, 1.82) is 0 Å². The van der Waals surface area contributed by atoms with Gasteiger partial charge in [-0.2, -0.15) is 24.4 Å². The molecule has 0 bridgehead atoms. The van der Waals surface area contributed by atoms with Crippen LogP contribution in [0.3, 0.4) is 0 Å². The number of thioether (sulfide) groups is 1. The summed E-state index contributed by atoms with van der Waals surface area (Å²) in [5.41, 5.74) is 5.51. The van der Waals surface area contributed by atoms with Gasteiger partial charge in [-0.25, -0.2) is 4.79 Å². The molecule has 0 fully saturated rings. The van der Waals surface area contributed by atoms with Crippen LogP contribution >= 0.6 is 24.4 Å². The number of aliphatic carboxylic acids is 1. The van der Waals surface area contributed by atoms with Gasteiger partial charge in [0.1, 0.15) is 18.1 Å². The highest BCUT2D eigenvalue weighted by atomic mass is 32.2. The van der Waals surface area contributed by atoms with E-state index in [-0.39, 0.29) is 12.2 Å². The molecule has 5 atom stereocenters. The summed E-state index contributed by atoms with van der Waals surface area (Å²) in [6, 6.07) is -4.45. The lowest BCUT2D eigenvalue weighted by Crippen LogP contribution is -2.59. The Morgan fingerprint density at radius 1 is 1.07 bits per heavy atom. The molecule has 0 aromatic carbocycles. The molecule has 12 heteroatoms. The molecule has 27 heavy (non-hydrogen) atoms. The number of rotatable bonds is 12. The van der Waals surface area contributed by atoms with Gasteiger partial charge in [-0.15, -0.1) is 0 Å². The smallest absolute Gasteiger partial charge is 0.326 e. The number of carboxylic acids is 1. The first-order valence-electron chi connectivity index (χ1n) is 8.22. The lowest BCUT2D eigenvalue weighted by molar-refractivity contribution is -0.142. The maximum absolute atomic E-state index is 12.3. The van der Waals surface area contributed by atoms with Crippen molar-refractivity contribution in [1.82, 2.24) is 16.0 Å². The summed E-state index contributed by atoms with van der Waals surface area (Å²) in [7, 11) is 0. The first kappa shape index (κ1) is 25.5. The van der Waals surface area contributed by atoms with Crippen LogP contribution in [0.15, 0.2) is 0 Å². The number of carboxylic acid groups (broad SMARTS) is 1. The van der Waals surface area contributed by atoms with Crippen molar-refractivity contribution in [3.63, 3.8) is 0 Å². The topological polar surface area (TPSA) is 171 Å². The standard InChI is InChI=1S/C15H28N4O6S2/c1-7(12(21)18-10(15(24)25)4-5-27-3)17-14(23)11(8(2)20)19-13(22)9(16)6-26/h7-11,20,26H,4-6,16H2,1-3H3,(H,17,23)(H,18,21)(H,19,22)(H,24,25). The molecule has 0 radical (unpaired) electrons. The molecule has 0 aliphatic heterocycles. The third-order valence-electron chi connectivity index (χ3n) is 3.57. The molecule has 0 aliphatic rings. The van der Waals surface area contributed by atoms with Crippen LogP contribution < -0.4 is 21.7 Å². The molecule has 0 heterocycles. The average Bonchev–Trinajstić information content (AvgIpc) is 2.60. The second kappa shape index (κ2) is 12.8. The number of nitrogens with one attached hydrogen (secondary N) is 3. The summed E-state index contributed by atoms with van der Waals surface area (Å²) in [6.45, 7) is 2.66. The van der Waals surface area contributed by atoms with Gasteiger partial charge in [0.25, 0.3) is 0 Å². The zero-order chi connectivity index (χ0) is 21.1. The highest BCUT2D eigenvalue weighted by molar-refractivity contribution is 7.98. The van der Waals surface area contributed by atoms with Gasteiger partial charge in [0.2, 0.25) is 17.7 Å². The van der Waals surface area contributed by atoms with Crippen LogP contribution in [0.25, 0.3) is 0 Å². The lowest BCUT2D eigenvalue weighted by atomic mass is 10.1. The predicted octanol–water partition coefficient (Wildman–Crippen LogP) is -2.06. The second-order valence-electron chi connectivity index (χ2n) is 5.93. The zero-order valence-electron chi connectivity index (χ0n) is 15.5. The van der Waals surface area contributed by atoms with Crippen LogP contribution in [-0.4, -0.2) is 81.9 Å². The predicted molar refractivity (Wildman–Crippen MR) is 106 cm³/mol. The molecule has 0 aromatic rings. The van der Waals surface area contributed by atoms with Crippen molar-refractivity contribution >= 4 is 48.1 Å². The first-order chi connectivity index (χ1) is 12.5. The maximum atomic E-state index is 12.3. The van der Waals surface area contributed by atoms with E-state index in [4.69, 9.17) is 10.8 Å². The quantitative estimate of drug-likeness (QED) is 0.175. The number of carbonyl (C=O) groups is 4. The normalized spacial score (nSPS) is 16.4. The van der Waals surface area contributed by atoms with E-state index in [9.17, 15) is 24.3 Å². The van der Waals surface area contributed by atoms with Crippen molar-refractivity contribution in [3.05, 3.63) is 0 Å². The Hall–Kier alpha value is -1.50. The van der Waals surface area contributed by atoms with Crippen LogP contribution in [0.2, 0.25) is 0 Å². The minimum absolute atomic E-state index is 0.0470. The molecule has 5 unspecified atom stereocenters. The molecule has 7 N–H and O–H groups in total. The summed E-state index contributed by atoms with van der Waals surface area (Å²) in [4.78, 5) is 47.4. The molecule has 0 aliphatic carbocycles. The number of carbonyl (C=O) groups excluding carboxylic acids is 3. The van der Waals surface area contributed by atoms with E-state index in [0.717, 1.165) is 0 Å². The van der Waals surface area contributed by atoms with E-state index in [1.54, 1.807) is 0 Å². The number of amides is 3. The van der Waals surface area contributed by atoms with Crippen LogP contribution in [-0.2, 0) is 19.2 Å². The number of hydrogen-bond donors (Lipinski definition) is 7. The Kier molecular flexibility index (Phi) is 12.1. The fraction of sp³-hybridized carbons (Fsp3) is 0.733. The summed E-state index contributed by atoms with van der Waals surface area (Å²) >= 11 is 5.33. The highest BCUT2D eigenvalue weighted by Gasteiger charge is 2.30. The number of nitrogens with two attached hydrogens (primary N) is 1. The number of hydrogen-bond acceptors (Lipinski definition) is 8. The third kappa shape index (κ3) is 9.31. The van der Waals surface area contributed by atoms with Crippen LogP contribution in [0, 0.1) is 0 Å². The van der Waals surface area contributed by atoms with Gasteiger partial charge in [0.05, 0.1) is 12.1 Å². The molecular formula is C15H28N4O6S2. The molecule has 0 rings (SSSR count). The van der Waals surface area contributed by atoms with E-state index in [2.05, 4.69) is 28.6 Å². The fourth-order valence-corrected chi connectivity index (χ4v) is 2.54. The van der Waals surface area contributed by atoms with Crippen molar-refractivity contribution in [2.45, 2.75) is 50.5 Å². The largest absolute Gasteiger partial charge is 0.480 e. The van der Waals surface area contributed by atoms with E-state index >= 15 is 0 Å². The molecule has 3 amide bonds. The van der Waals surface area contributed by atoms with Gasteiger partial charge < -0.3 is 31.9 Å². The van der Waals surface area contributed by atoms with E-state index in [1.165, 1.54) is 25.6 Å². The van der Waals surface area contributed by atoms with Crippen LogP contribution in [0.4, 0.5) is 0 Å². The Morgan fingerprint density at radius 3 is 2.11 bits per heavy atom.